The Kier molecular flexibility index (Phi) is 3.69. The van der Waals surface area contributed by atoms with Crippen LogP contribution in [0.3, 0.4) is 0 Å². The maximum Gasteiger partial charge on any atom is 0.233 e. The van der Waals surface area contributed by atoms with E-state index < -0.39 is 0 Å². The average molecular weight is 297 g/mol. The highest BCUT2D eigenvalue weighted by atomic mass is 16.5. The summed E-state index contributed by atoms with van der Waals surface area (Å²) in [6, 6.07) is 7.10. The van der Waals surface area contributed by atoms with Crippen LogP contribution in [0.5, 0.6) is 11.6 Å². The fourth-order valence-corrected chi connectivity index (χ4v) is 1.83. The number of aromatic nitrogens is 4. The topological polar surface area (TPSA) is 92.8 Å². The number of benzene rings is 1. The summed E-state index contributed by atoms with van der Waals surface area (Å²) in [7, 11) is 0. The zero-order valence-electron chi connectivity index (χ0n) is 12.2. The lowest BCUT2D eigenvalue weighted by Crippen LogP contribution is -2.17. The molecular formula is C15H15N5O2. The minimum Gasteiger partial charge on any atom is -0.438 e. The molecule has 0 aliphatic heterocycles. The van der Waals surface area contributed by atoms with Crippen molar-refractivity contribution in [1.29, 1.82) is 0 Å². The van der Waals surface area contributed by atoms with Crippen LogP contribution in [-0.2, 0) is 4.79 Å². The molecule has 0 saturated heterocycles. The first kappa shape index (κ1) is 14.0. The second-order valence-corrected chi connectivity index (χ2v) is 5.08. The summed E-state index contributed by atoms with van der Waals surface area (Å²) >= 11 is 0. The van der Waals surface area contributed by atoms with Gasteiger partial charge in [-0.2, -0.15) is 5.10 Å². The van der Waals surface area contributed by atoms with E-state index in [1.54, 1.807) is 30.5 Å². The van der Waals surface area contributed by atoms with Crippen LogP contribution >= 0.6 is 0 Å². The lowest BCUT2D eigenvalue weighted by molar-refractivity contribution is -0.118. The van der Waals surface area contributed by atoms with Crippen molar-refractivity contribution >= 4 is 22.6 Å². The van der Waals surface area contributed by atoms with E-state index in [0.29, 0.717) is 22.7 Å². The Morgan fingerprint density at radius 1 is 1.23 bits per heavy atom. The van der Waals surface area contributed by atoms with Gasteiger partial charge in [0.05, 0.1) is 6.20 Å². The zero-order valence-corrected chi connectivity index (χ0v) is 12.2. The monoisotopic (exact) mass is 297 g/mol. The van der Waals surface area contributed by atoms with E-state index in [0.717, 1.165) is 5.69 Å². The SMILES string of the molecule is CC(C)C(=O)Nc1ccc(Oc2ncnc3[nH]ncc23)cc1. The van der Waals surface area contributed by atoms with Crippen molar-refractivity contribution < 1.29 is 9.53 Å². The number of fused-ring (bicyclic) bond motifs is 1. The first-order chi connectivity index (χ1) is 10.6. The van der Waals surface area contributed by atoms with Gasteiger partial charge in [-0.3, -0.25) is 9.89 Å². The number of anilines is 1. The van der Waals surface area contributed by atoms with Crippen LogP contribution in [0.2, 0.25) is 0 Å². The second kappa shape index (κ2) is 5.80. The molecule has 0 unspecified atom stereocenters. The maximum atomic E-state index is 11.6. The van der Waals surface area contributed by atoms with Crippen molar-refractivity contribution in [1.82, 2.24) is 20.2 Å². The van der Waals surface area contributed by atoms with E-state index in [2.05, 4.69) is 25.5 Å². The Hall–Kier alpha value is -2.96. The number of H-pyrrole nitrogens is 1. The third-order valence-corrected chi connectivity index (χ3v) is 3.07. The first-order valence-electron chi connectivity index (χ1n) is 6.86. The molecule has 2 N–H and O–H groups in total. The Labute approximate surface area is 126 Å². The highest BCUT2D eigenvalue weighted by Gasteiger charge is 2.09. The molecule has 0 aliphatic carbocycles. The largest absolute Gasteiger partial charge is 0.438 e. The number of hydrogen-bond acceptors (Lipinski definition) is 5. The fourth-order valence-electron chi connectivity index (χ4n) is 1.83. The third kappa shape index (κ3) is 2.88. The molecule has 7 heteroatoms. The lowest BCUT2D eigenvalue weighted by atomic mass is 10.2. The lowest BCUT2D eigenvalue weighted by Gasteiger charge is -2.09. The van der Waals surface area contributed by atoms with Gasteiger partial charge in [0.1, 0.15) is 17.5 Å². The number of aromatic amines is 1. The second-order valence-electron chi connectivity index (χ2n) is 5.08. The van der Waals surface area contributed by atoms with Gasteiger partial charge >= 0.3 is 0 Å². The highest BCUT2D eigenvalue weighted by molar-refractivity contribution is 5.92. The number of hydrogen-bond donors (Lipinski definition) is 2. The van der Waals surface area contributed by atoms with Crippen LogP contribution < -0.4 is 10.1 Å². The van der Waals surface area contributed by atoms with Gasteiger partial charge in [-0.1, -0.05) is 13.8 Å². The third-order valence-electron chi connectivity index (χ3n) is 3.07. The molecule has 0 radical (unpaired) electrons. The van der Waals surface area contributed by atoms with Gasteiger partial charge in [0.15, 0.2) is 5.65 Å². The molecule has 0 spiro atoms. The van der Waals surface area contributed by atoms with Crippen molar-refractivity contribution in [2.24, 2.45) is 5.92 Å². The van der Waals surface area contributed by atoms with Crippen LogP contribution in [0.15, 0.2) is 36.8 Å². The van der Waals surface area contributed by atoms with E-state index >= 15 is 0 Å². The van der Waals surface area contributed by atoms with Crippen molar-refractivity contribution in [2.75, 3.05) is 5.32 Å². The molecule has 0 atom stereocenters. The molecule has 2 aromatic heterocycles. The molecule has 3 aromatic rings. The van der Waals surface area contributed by atoms with Gasteiger partial charge in [-0.05, 0) is 24.3 Å². The Morgan fingerprint density at radius 3 is 2.73 bits per heavy atom. The first-order valence-corrected chi connectivity index (χ1v) is 6.86. The van der Waals surface area contributed by atoms with Crippen LogP contribution in [-0.4, -0.2) is 26.1 Å². The Morgan fingerprint density at radius 2 is 2.00 bits per heavy atom. The van der Waals surface area contributed by atoms with Crippen molar-refractivity contribution in [3.63, 3.8) is 0 Å². The smallest absolute Gasteiger partial charge is 0.233 e. The van der Waals surface area contributed by atoms with Crippen molar-refractivity contribution in [3.05, 3.63) is 36.8 Å². The van der Waals surface area contributed by atoms with Gasteiger partial charge in [0.2, 0.25) is 11.8 Å². The van der Waals surface area contributed by atoms with Gasteiger partial charge in [-0.15, -0.1) is 0 Å². The number of nitrogens with zero attached hydrogens (tertiary/aromatic N) is 3. The minimum atomic E-state index is -0.0636. The van der Waals surface area contributed by atoms with Crippen LogP contribution in [0.4, 0.5) is 5.69 Å². The van der Waals surface area contributed by atoms with Gasteiger partial charge < -0.3 is 10.1 Å². The van der Waals surface area contributed by atoms with Gasteiger partial charge in [-0.25, -0.2) is 9.97 Å². The van der Waals surface area contributed by atoms with E-state index in [1.807, 2.05) is 13.8 Å². The fraction of sp³-hybridized carbons (Fsp3) is 0.200. The summed E-state index contributed by atoms with van der Waals surface area (Å²) in [6.07, 6.45) is 3.02. The van der Waals surface area contributed by atoms with Gasteiger partial charge in [0, 0.05) is 11.6 Å². The molecule has 112 valence electrons. The molecule has 3 rings (SSSR count). The molecule has 0 bridgehead atoms. The molecular weight excluding hydrogens is 282 g/mol. The van der Waals surface area contributed by atoms with Crippen LogP contribution in [0, 0.1) is 5.92 Å². The normalized spacial score (nSPS) is 10.9. The molecule has 7 nitrogen and oxygen atoms in total. The van der Waals surface area contributed by atoms with Crippen molar-refractivity contribution in [2.45, 2.75) is 13.8 Å². The summed E-state index contributed by atoms with van der Waals surface area (Å²) in [5.74, 6) is 0.956. The molecule has 22 heavy (non-hydrogen) atoms. The quantitative estimate of drug-likeness (QED) is 0.772. The number of amides is 1. The minimum absolute atomic E-state index is 0.0235. The van der Waals surface area contributed by atoms with Crippen LogP contribution in [0.25, 0.3) is 11.0 Å². The summed E-state index contributed by atoms with van der Waals surface area (Å²) < 4.78 is 5.73. The molecule has 2 heterocycles. The summed E-state index contributed by atoms with van der Waals surface area (Å²) in [4.78, 5) is 19.8. The summed E-state index contributed by atoms with van der Waals surface area (Å²) in [5, 5.41) is 10.2. The van der Waals surface area contributed by atoms with E-state index in [9.17, 15) is 4.79 Å². The highest BCUT2D eigenvalue weighted by Crippen LogP contribution is 2.26. The number of nitrogens with one attached hydrogen (secondary N) is 2. The number of rotatable bonds is 4. The Balaban J connectivity index is 1.76. The molecule has 0 aliphatic rings. The van der Waals surface area contributed by atoms with E-state index in [-0.39, 0.29) is 11.8 Å². The summed E-state index contributed by atoms with van der Waals surface area (Å²) in [6.45, 7) is 3.69. The maximum absolute atomic E-state index is 11.6. The summed E-state index contributed by atoms with van der Waals surface area (Å²) in [5.41, 5.74) is 1.34. The van der Waals surface area contributed by atoms with Crippen LogP contribution in [0.1, 0.15) is 13.8 Å². The predicted octanol–water partition coefficient (Wildman–Crippen LogP) is 2.74. The zero-order chi connectivity index (χ0) is 15.5. The average Bonchev–Trinajstić information content (AvgIpc) is 2.98. The van der Waals surface area contributed by atoms with E-state index in [1.165, 1.54) is 6.33 Å². The molecule has 1 amide bonds. The van der Waals surface area contributed by atoms with E-state index in [4.69, 9.17) is 4.74 Å². The number of carbonyl (C=O) groups is 1. The number of carbonyl (C=O) groups excluding carboxylic acids is 1. The Bertz CT molecular complexity index is 795. The number of ether oxygens (including phenoxy) is 1. The van der Waals surface area contributed by atoms with Crippen molar-refractivity contribution in [3.8, 4) is 11.6 Å². The molecule has 0 fully saturated rings. The molecule has 1 aromatic carbocycles. The standard InChI is InChI=1S/C15H15N5O2/c1-9(2)14(21)19-10-3-5-11(6-4-10)22-15-12-7-18-20-13(12)16-8-17-15/h3-9H,1-2H3,(H,19,21)(H,16,17,18,20). The predicted molar refractivity (Wildman–Crippen MR) is 81.7 cm³/mol. The molecule has 0 saturated carbocycles. The van der Waals surface area contributed by atoms with Gasteiger partial charge in [0.25, 0.3) is 0 Å².